The molecule has 1 aliphatic rings. The van der Waals surface area contributed by atoms with Crippen molar-refractivity contribution in [3.8, 4) is 0 Å². The highest BCUT2D eigenvalue weighted by Crippen LogP contribution is 2.29. The SMILES string of the molecule is C=C(/C=N\Nc1nc(N2CCOCC2)c(F)c[nH+]1)OC(=C)c1ccc(Cl)c(N=O)c1.CO. The Kier molecular flexibility index (Phi) is 9.67. The lowest BCUT2D eigenvalue weighted by atomic mass is 10.2. The first-order valence-corrected chi connectivity index (χ1v) is 9.69. The topological polar surface area (TPSA) is 123 Å². The lowest BCUT2D eigenvalue weighted by molar-refractivity contribution is -0.367. The van der Waals surface area contributed by atoms with Crippen LogP contribution in [0.5, 0.6) is 0 Å². The molecule has 3 rings (SSSR count). The number of ether oxygens (including phenoxy) is 2. The van der Waals surface area contributed by atoms with Crippen molar-refractivity contribution in [2.75, 3.05) is 43.7 Å². The number of rotatable bonds is 8. The zero-order valence-electron chi connectivity index (χ0n) is 17.3. The van der Waals surface area contributed by atoms with E-state index in [0.29, 0.717) is 31.9 Å². The Morgan fingerprint density at radius 3 is 2.81 bits per heavy atom. The van der Waals surface area contributed by atoms with Crippen molar-refractivity contribution >= 4 is 41.0 Å². The molecule has 2 heterocycles. The summed E-state index contributed by atoms with van der Waals surface area (Å²) >= 11 is 5.85. The summed E-state index contributed by atoms with van der Waals surface area (Å²) in [6.07, 6.45) is 2.50. The van der Waals surface area contributed by atoms with Crippen LogP contribution >= 0.6 is 11.6 Å². The molecule has 1 aliphatic heterocycles. The van der Waals surface area contributed by atoms with Crippen molar-refractivity contribution in [1.29, 1.82) is 0 Å². The van der Waals surface area contributed by atoms with Gasteiger partial charge in [0.05, 0.1) is 18.2 Å². The number of hydrogen-bond donors (Lipinski definition) is 2. The van der Waals surface area contributed by atoms with Crippen LogP contribution in [0.15, 0.2) is 53.6 Å². The number of allylic oxidation sites excluding steroid dienone is 1. The normalized spacial score (nSPS) is 13.2. The summed E-state index contributed by atoms with van der Waals surface area (Å²) in [6, 6.07) is 4.60. The van der Waals surface area contributed by atoms with Gasteiger partial charge in [0, 0.05) is 25.8 Å². The Bertz CT molecular complexity index is 998. The fourth-order valence-electron chi connectivity index (χ4n) is 2.61. The zero-order valence-corrected chi connectivity index (χ0v) is 18.1. The summed E-state index contributed by atoms with van der Waals surface area (Å²) < 4.78 is 24.8. The van der Waals surface area contributed by atoms with Crippen molar-refractivity contribution in [2.24, 2.45) is 10.3 Å². The summed E-state index contributed by atoms with van der Waals surface area (Å²) in [5.74, 6) is 0.371. The molecule has 10 nitrogen and oxygen atoms in total. The van der Waals surface area contributed by atoms with Crippen LogP contribution in [0.1, 0.15) is 5.56 Å². The summed E-state index contributed by atoms with van der Waals surface area (Å²) in [5.41, 5.74) is 3.25. The number of halogens is 2. The molecule has 1 fully saturated rings. The number of aliphatic hydroxyl groups excluding tert-OH is 1. The summed E-state index contributed by atoms with van der Waals surface area (Å²) in [6.45, 7) is 9.63. The number of nitrogens with zero attached hydrogens (tertiary/aromatic N) is 4. The van der Waals surface area contributed by atoms with Crippen LogP contribution in [0.4, 0.5) is 21.8 Å². The number of aliphatic hydroxyl groups is 1. The van der Waals surface area contributed by atoms with E-state index in [4.69, 9.17) is 26.2 Å². The summed E-state index contributed by atoms with van der Waals surface area (Å²) in [7, 11) is 1.00. The molecular formula is C20H23ClFN6O4+. The van der Waals surface area contributed by atoms with Gasteiger partial charge in [0.25, 0.3) is 0 Å². The number of anilines is 2. The lowest BCUT2D eigenvalue weighted by Crippen LogP contribution is -2.38. The van der Waals surface area contributed by atoms with E-state index in [2.05, 4.69) is 38.8 Å². The second-order valence-electron chi connectivity index (χ2n) is 6.14. The van der Waals surface area contributed by atoms with Gasteiger partial charge in [-0.3, -0.25) is 0 Å². The van der Waals surface area contributed by atoms with Crippen molar-refractivity contribution in [3.63, 3.8) is 0 Å². The minimum absolute atomic E-state index is 0.0776. The molecule has 1 saturated heterocycles. The number of benzene rings is 1. The maximum atomic E-state index is 14.1. The number of aromatic amines is 1. The third kappa shape index (κ3) is 6.80. The number of nitroso groups, excluding NO2 is 1. The molecule has 0 aliphatic carbocycles. The van der Waals surface area contributed by atoms with Gasteiger partial charge < -0.3 is 19.5 Å². The first kappa shape index (κ1) is 24.9. The van der Waals surface area contributed by atoms with E-state index in [1.54, 1.807) is 11.0 Å². The van der Waals surface area contributed by atoms with Crippen molar-refractivity contribution in [3.05, 3.63) is 64.6 Å². The highest BCUT2D eigenvalue weighted by molar-refractivity contribution is 6.33. The highest BCUT2D eigenvalue weighted by Gasteiger charge is 2.22. The smallest absolute Gasteiger partial charge is 0.415 e. The number of H-pyrrole nitrogens is 1. The molecule has 0 unspecified atom stereocenters. The highest BCUT2D eigenvalue weighted by atomic mass is 35.5. The van der Waals surface area contributed by atoms with E-state index < -0.39 is 5.82 Å². The first-order chi connectivity index (χ1) is 15.5. The Labute approximate surface area is 189 Å². The molecule has 12 heteroatoms. The number of nitrogens with one attached hydrogen (secondary N) is 2. The number of hydrogen-bond acceptors (Lipinski definition) is 9. The third-order valence-corrected chi connectivity index (χ3v) is 4.40. The van der Waals surface area contributed by atoms with Gasteiger partial charge in [0.2, 0.25) is 11.6 Å². The van der Waals surface area contributed by atoms with Crippen LogP contribution in [0.3, 0.4) is 0 Å². The predicted octanol–water partition coefficient (Wildman–Crippen LogP) is 3.13. The molecule has 2 aromatic rings. The average molecular weight is 466 g/mol. The van der Waals surface area contributed by atoms with Crippen LogP contribution in [0, 0.1) is 10.7 Å². The van der Waals surface area contributed by atoms with Gasteiger partial charge in [0.15, 0.2) is 0 Å². The Morgan fingerprint density at radius 2 is 2.12 bits per heavy atom. The van der Waals surface area contributed by atoms with Gasteiger partial charge >= 0.3 is 5.95 Å². The molecule has 1 aromatic carbocycles. The zero-order chi connectivity index (χ0) is 23.5. The summed E-state index contributed by atoms with van der Waals surface area (Å²) in [4.78, 5) is 19.4. The standard InChI is InChI=1S/C19H18ClFN6O3.CH4O/c1-12(30-13(2)14-3-4-15(20)17(9-14)26-28)10-23-25-19-22-11-16(21)18(24-19)27-5-7-29-8-6-27;1-2/h3-4,9-11H,1-2,5-8H2,(H,22,24,25);2H,1H3/p+1/b23-10-;. The van der Waals surface area contributed by atoms with Crippen LogP contribution in [0.2, 0.25) is 5.02 Å². The average Bonchev–Trinajstić information content (AvgIpc) is 2.82. The summed E-state index contributed by atoms with van der Waals surface area (Å²) in [5, 5.41) is 14.0. The van der Waals surface area contributed by atoms with Gasteiger partial charge in [-0.2, -0.15) is 9.82 Å². The number of aromatic nitrogens is 2. The van der Waals surface area contributed by atoms with Gasteiger partial charge in [-0.15, -0.1) is 10.0 Å². The third-order valence-electron chi connectivity index (χ3n) is 4.08. The number of hydrazone groups is 1. The van der Waals surface area contributed by atoms with Crippen LogP contribution in [-0.4, -0.2) is 49.7 Å². The van der Waals surface area contributed by atoms with E-state index in [0.717, 1.165) is 7.11 Å². The molecule has 0 bridgehead atoms. The van der Waals surface area contributed by atoms with Gasteiger partial charge in [-0.25, -0.2) is 4.98 Å². The predicted molar refractivity (Wildman–Crippen MR) is 120 cm³/mol. The second-order valence-corrected chi connectivity index (χ2v) is 6.55. The lowest BCUT2D eigenvalue weighted by Gasteiger charge is -2.25. The monoisotopic (exact) mass is 465 g/mol. The van der Waals surface area contributed by atoms with Crippen LogP contribution < -0.4 is 15.3 Å². The molecule has 0 atom stereocenters. The fraction of sp³-hybridized carbons (Fsp3) is 0.250. The van der Waals surface area contributed by atoms with E-state index in [1.807, 2.05) is 0 Å². The quantitative estimate of drug-likeness (QED) is 0.266. The molecule has 0 radical (unpaired) electrons. The minimum atomic E-state index is -0.470. The molecule has 32 heavy (non-hydrogen) atoms. The van der Waals surface area contributed by atoms with E-state index in [1.165, 1.54) is 24.5 Å². The Morgan fingerprint density at radius 1 is 1.41 bits per heavy atom. The molecule has 1 aromatic heterocycles. The van der Waals surface area contributed by atoms with E-state index >= 15 is 0 Å². The maximum absolute atomic E-state index is 14.1. The van der Waals surface area contributed by atoms with Crippen LogP contribution in [-0.2, 0) is 9.47 Å². The fourth-order valence-corrected chi connectivity index (χ4v) is 2.76. The van der Waals surface area contributed by atoms with E-state index in [9.17, 15) is 9.30 Å². The van der Waals surface area contributed by atoms with Gasteiger partial charge in [-0.1, -0.05) is 24.8 Å². The largest absolute Gasteiger partial charge is 0.456 e. The van der Waals surface area contributed by atoms with Crippen molar-refractivity contribution in [2.45, 2.75) is 0 Å². The van der Waals surface area contributed by atoms with E-state index in [-0.39, 0.29) is 34.0 Å². The van der Waals surface area contributed by atoms with Gasteiger partial charge in [0.1, 0.15) is 29.6 Å². The molecule has 0 saturated carbocycles. The second kappa shape index (κ2) is 12.4. The molecule has 0 amide bonds. The van der Waals surface area contributed by atoms with Crippen molar-refractivity contribution in [1.82, 2.24) is 4.98 Å². The molecular weight excluding hydrogens is 443 g/mol. The van der Waals surface area contributed by atoms with Gasteiger partial charge in [-0.05, 0) is 28.4 Å². The Hall–Kier alpha value is -3.41. The number of morpholine rings is 1. The first-order valence-electron chi connectivity index (χ1n) is 9.31. The molecule has 170 valence electrons. The maximum Gasteiger partial charge on any atom is 0.415 e. The molecule has 0 spiro atoms. The van der Waals surface area contributed by atoms with Crippen LogP contribution in [0.25, 0.3) is 5.76 Å². The Balaban J connectivity index is 0.00000176. The minimum Gasteiger partial charge on any atom is -0.456 e. The van der Waals surface area contributed by atoms with Crippen molar-refractivity contribution < 1.29 is 24.0 Å². The molecule has 3 N–H and O–H groups in total.